The number of benzene rings is 4. The molecule has 0 aliphatic heterocycles. The number of aromatic nitrogens is 1. The third-order valence-corrected chi connectivity index (χ3v) is 5.82. The van der Waals surface area contributed by atoms with E-state index in [-0.39, 0.29) is 5.06 Å². The molecule has 27 heavy (non-hydrogen) atoms. The van der Waals surface area contributed by atoms with Gasteiger partial charge < -0.3 is 14.7 Å². The molecule has 6 aromatic rings. The SMILES string of the molecule is CC[NH+]([O-])c1ccc2cc3c4cccc5c6ccccc6n(c3cc2c1)c54. The number of nitrogens with one attached hydrogen (secondary N) is 1. The van der Waals surface area contributed by atoms with Crippen LogP contribution in [0.5, 0.6) is 0 Å². The van der Waals surface area contributed by atoms with Crippen LogP contribution in [0.4, 0.5) is 5.69 Å². The summed E-state index contributed by atoms with van der Waals surface area (Å²) < 4.78 is 2.38. The predicted octanol–water partition coefficient (Wildman–Crippen LogP) is 5.02. The minimum atomic E-state index is 0.189. The van der Waals surface area contributed by atoms with Gasteiger partial charge in [-0.3, -0.25) is 0 Å². The molecule has 0 bridgehead atoms. The van der Waals surface area contributed by atoms with Crippen LogP contribution in [0.15, 0.2) is 72.8 Å². The Balaban J connectivity index is 1.83. The lowest BCUT2D eigenvalue weighted by Gasteiger charge is -2.19. The van der Waals surface area contributed by atoms with Crippen molar-refractivity contribution in [2.45, 2.75) is 6.92 Å². The molecule has 6 rings (SSSR count). The van der Waals surface area contributed by atoms with Gasteiger partial charge in [0.05, 0.1) is 23.1 Å². The first-order chi connectivity index (χ1) is 13.3. The van der Waals surface area contributed by atoms with Gasteiger partial charge in [-0.1, -0.05) is 36.4 Å². The minimum Gasteiger partial charge on any atom is -0.629 e. The summed E-state index contributed by atoms with van der Waals surface area (Å²) in [6, 6.07) is 25.7. The van der Waals surface area contributed by atoms with Crippen LogP contribution in [0.2, 0.25) is 0 Å². The van der Waals surface area contributed by atoms with E-state index in [0.717, 1.165) is 11.1 Å². The van der Waals surface area contributed by atoms with E-state index in [1.54, 1.807) is 0 Å². The number of rotatable bonds is 2. The number of quaternary nitrogens is 1. The summed E-state index contributed by atoms with van der Waals surface area (Å²) in [5, 5.41) is 19.8. The van der Waals surface area contributed by atoms with Crippen LogP contribution in [-0.2, 0) is 0 Å². The maximum absolute atomic E-state index is 12.2. The lowest BCUT2D eigenvalue weighted by Crippen LogP contribution is -3.01. The Labute approximate surface area is 155 Å². The number of hydrogen-bond donors (Lipinski definition) is 1. The molecule has 2 aromatic heterocycles. The highest BCUT2D eigenvalue weighted by Gasteiger charge is 2.17. The van der Waals surface area contributed by atoms with Crippen molar-refractivity contribution in [2.24, 2.45) is 0 Å². The first-order valence-electron chi connectivity index (χ1n) is 9.40. The third kappa shape index (κ3) is 1.87. The second-order valence-corrected chi connectivity index (χ2v) is 7.26. The second kappa shape index (κ2) is 5.19. The number of para-hydroxylation sites is 2. The van der Waals surface area contributed by atoms with Gasteiger partial charge in [0, 0.05) is 27.6 Å². The molecule has 3 heteroatoms. The topological polar surface area (TPSA) is 31.9 Å². The number of fused-ring (bicyclic) bond motifs is 7. The molecule has 0 radical (unpaired) electrons. The van der Waals surface area contributed by atoms with Crippen LogP contribution in [-0.4, -0.2) is 10.9 Å². The Morgan fingerprint density at radius 3 is 2.37 bits per heavy atom. The normalized spacial score (nSPS) is 13.6. The zero-order valence-electron chi connectivity index (χ0n) is 15.0. The van der Waals surface area contributed by atoms with Gasteiger partial charge in [0.15, 0.2) is 0 Å². The molecular weight excluding hydrogens is 332 g/mol. The Morgan fingerprint density at radius 1 is 0.741 bits per heavy atom. The average Bonchev–Trinajstić information content (AvgIpc) is 3.23. The molecule has 0 saturated heterocycles. The summed E-state index contributed by atoms with van der Waals surface area (Å²) in [6.45, 7) is 2.44. The van der Waals surface area contributed by atoms with Crippen molar-refractivity contribution in [2.75, 3.05) is 6.54 Å². The van der Waals surface area contributed by atoms with Crippen molar-refractivity contribution in [3.8, 4) is 0 Å². The smallest absolute Gasteiger partial charge is 0.131 e. The molecule has 130 valence electrons. The van der Waals surface area contributed by atoms with Crippen LogP contribution in [0.3, 0.4) is 0 Å². The monoisotopic (exact) mass is 350 g/mol. The van der Waals surface area contributed by atoms with E-state index >= 15 is 0 Å². The van der Waals surface area contributed by atoms with Gasteiger partial charge in [-0.05, 0) is 48.0 Å². The first-order valence-corrected chi connectivity index (χ1v) is 9.40. The fourth-order valence-corrected chi connectivity index (χ4v) is 4.55. The van der Waals surface area contributed by atoms with Crippen LogP contribution >= 0.6 is 0 Å². The van der Waals surface area contributed by atoms with E-state index in [4.69, 9.17) is 0 Å². The van der Waals surface area contributed by atoms with Crippen molar-refractivity contribution < 1.29 is 5.06 Å². The molecule has 4 aromatic carbocycles. The predicted molar refractivity (Wildman–Crippen MR) is 113 cm³/mol. The van der Waals surface area contributed by atoms with Gasteiger partial charge in [0.2, 0.25) is 0 Å². The van der Waals surface area contributed by atoms with Gasteiger partial charge in [-0.25, -0.2) is 0 Å². The van der Waals surface area contributed by atoms with Gasteiger partial charge in [-0.2, -0.15) is 0 Å². The maximum Gasteiger partial charge on any atom is 0.131 e. The number of hydrogen-bond acceptors (Lipinski definition) is 1. The van der Waals surface area contributed by atoms with Crippen molar-refractivity contribution in [1.82, 2.24) is 4.40 Å². The molecule has 1 unspecified atom stereocenters. The van der Waals surface area contributed by atoms with Crippen LogP contribution in [0.25, 0.3) is 48.9 Å². The van der Waals surface area contributed by atoms with Crippen molar-refractivity contribution in [3.63, 3.8) is 0 Å². The molecule has 2 heterocycles. The highest BCUT2D eigenvalue weighted by Crippen LogP contribution is 2.40. The molecule has 0 fully saturated rings. The molecule has 0 amide bonds. The van der Waals surface area contributed by atoms with Crippen LogP contribution in [0.1, 0.15) is 6.92 Å². The summed E-state index contributed by atoms with van der Waals surface area (Å²) in [5.41, 5.74) is 4.52. The lowest BCUT2D eigenvalue weighted by atomic mass is 10.0. The zero-order valence-corrected chi connectivity index (χ0v) is 15.0. The number of nitrogens with zero attached hydrogens (tertiary/aromatic N) is 1. The molecule has 0 saturated carbocycles. The first kappa shape index (κ1) is 15.0. The third-order valence-electron chi connectivity index (χ3n) is 5.82. The quantitative estimate of drug-likeness (QED) is 0.437. The van der Waals surface area contributed by atoms with Gasteiger partial charge >= 0.3 is 0 Å². The van der Waals surface area contributed by atoms with E-state index in [1.165, 1.54) is 43.5 Å². The van der Waals surface area contributed by atoms with E-state index in [9.17, 15) is 5.21 Å². The van der Waals surface area contributed by atoms with Crippen LogP contribution in [0, 0.1) is 5.21 Å². The van der Waals surface area contributed by atoms with Crippen molar-refractivity contribution in [3.05, 3.63) is 78.0 Å². The van der Waals surface area contributed by atoms with E-state index in [1.807, 2.05) is 19.1 Å². The average molecular weight is 350 g/mol. The van der Waals surface area contributed by atoms with Crippen molar-refractivity contribution in [1.29, 1.82) is 0 Å². The summed E-state index contributed by atoms with van der Waals surface area (Å²) in [7, 11) is 0. The fraction of sp³-hybridized carbons (Fsp3) is 0.0833. The minimum absolute atomic E-state index is 0.189. The highest BCUT2D eigenvalue weighted by atomic mass is 16.5. The zero-order chi connectivity index (χ0) is 18.1. The summed E-state index contributed by atoms with van der Waals surface area (Å²) in [6.07, 6.45) is 0. The molecule has 0 aliphatic rings. The molecule has 0 aliphatic carbocycles. The largest absolute Gasteiger partial charge is 0.629 e. The molecule has 1 atom stereocenters. The highest BCUT2D eigenvalue weighted by molar-refractivity contribution is 6.24. The summed E-state index contributed by atoms with van der Waals surface area (Å²) in [4.78, 5) is 0. The Morgan fingerprint density at radius 2 is 1.52 bits per heavy atom. The lowest BCUT2D eigenvalue weighted by molar-refractivity contribution is -0.773. The molecule has 3 nitrogen and oxygen atoms in total. The van der Waals surface area contributed by atoms with E-state index in [2.05, 4.69) is 65.1 Å². The maximum atomic E-state index is 12.2. The van der Waals surface area contributed by atoms with Gasteiger partial charge in [0.1, 0.15) is 5.69 Å². The number of hydroxylamine groups is 1. The Kier molecular flexibility index (Phi) is 2.88. The van der Waals surface area contributed by atoms with E-state index < -0.39 is 0 Å². The van der Waals surface area contributed by atoms with Crippen LogP contribution < -0.4 is 5.06 Å². The van der Waals surface area contributed by atoms with Gasteiger partial charge in [0.25, 0.3) is 0 Å². The molecular formula is C24H18N2O. The molecule has 0 spiro atoms. The standard InChI is InChI=1S/C24H18N2O/c1-2-25(27)17-11-10-15-13-21-20-8-5-7-19-18-6-3-4-9-22(18)26(24(19)20)23(21)14-16(15)12-17/h3-14,25H,2H2,1H3. The second-order valence-electron chi connectivity index (χ2n) is 7.26. The Bertz CT molecular complexity index is 1480. The summed E-state index contributed by atoms with van der Waals surface area (Å²) in [5.74, 6) is 0. The van der Waals surface area contributed by atoms with Crippen molar-refractivity contribution >= 4 is 54.6 Å². The van der Waals surface area contributed by atoms with E-state index in [0.29, 0.717) is 6.54 Å². The van der Waals surface area contributed by atoms with Gasteiger partial charge in [-0.15, -0.1) is 0 Å². The molecule has 1 N–H and O–H groups in total. The summed E-state index contributed by atoms with van der Waals surface area (Å²) >= 11 is 0. The fourth-order valence-electron chi connectivity index (χ4n) is 4.55. The Hall–Kier alpha value is -3.14.